The smallest absolute Gasteiger partial charge is 0.253 e. The average molecular weight is 403 g/mol. The minimum Gasteiger partial charge on any atom is -0.496 e. The molecule has 0 radical (unpaired) electrons. The maximum absolute atomic E-state index is 12.9. The quantitative estimate of drug-likeness (QED) is 0.803. The van der Waals surface area contributed by atoms with Gasteiger partial charge in [0.2, 0.25) is 5.91 Å². The van der Waals surface area contributed by atoms with Crippen molar-refractivity contribution in [1.82, 2.24) is 4.90 Å². The van der Waals surface area contributed by atoms with E-state index in [-0.39, 0.29) is 24.3 Å². The molecule has 0 atom stereocenters. The van der Waals surface area contributed by atoms with Crippen molar-refractivity contribution in [2.75, 3.05) is 20.2 Å². The molecule has 1 saturated heterocycles. The fraction of sp³-hybridized carbons (Fsp3) is 0.333. The predicted molar refractivity (Wildman–Crippen MR) is 107 cm³/mol. The van der Waals surface area contributed by atoms with Gasteiger partial charge in [-0.15, -0.1) is 0 Å². The highest BCUT2D eigenvalue weighted by atomic mass is 35.5. The number of hydrogen-bond donors (Lipinski definition) is 1. The van der Waals surface area contributed by atoms with Crippen molar-refractivity contribution in [2.45, 2.75) is 19.4 Å². The summed E-state index contributed by atoms with van der Waals surface area (Å²) in [5.74, 6) is 0.673. The van der Waals surface area contributed by atoms with Crippen LogP contribution in [0.15, 0.2) is 42.5 Å². The first-order chi connectivity index (χ1) is 13.5. The van der Waals surface area contributed by atoms with E-state index in [0.29, 0.717) is 48.0 Å². The van der Waals surface area contributed by atoms with Crippen molar-refractivity contribution in [2.24, 2.45) is 11.7 Å². The molecule has 2 N–H and O–H groups in total. The predicted octanol–water partition coefficient (Wildman–Crippen LogP) is 3.27. The number of piperidine rings is 1. The number of nitrogens with zero attached hydrogens (tertiary/aromatic N) is 1. The molecule has 2 amide bonds. The van der Waals surface area contributed by atoms with Crippen molar-refractivity contribution in [3.63, 3.8) is 0 Å². The first kappa shape index (κ1) is 20.0. The lowest BCUT2D eigenvalue weighted by molar-refractivity contribution is -0.123. The number of hydrogen-bond acceptors (Lipinski definition) is 4. The van der Waals surface area contributed by atoms with Crippen LogP contribution in [-0.2, 0) is 11.4 Å². The molecule has 148 valence electrons. The molecular weight excluding hydrogens is 380 g/mol. The molecule has 28 heavy (non-hydrogen) atoms. The molecular formula is C21H23ClN2O4. The summed E-state index contributed by atoms with van der Waals surface area (Å²) in [5.41, 5.74) is 6.67. The maximum atomic E-state index is 12.9. The van der Waals surface area contributed by atoms with E-state index < -0.39 is 0 Å². The van der Waals surface area contributed by atoms with Crippen LogP contribution in [0, 0.1) is 5.92 Å². The van der Waals surface area contributed by atoms with Crippen molar-refractivity contribution < 1.29 is 19.1 Å². The Bertz CT molecular complexity index is 863. The Labute approximate surface area is 169 Å². The Balaban J connectivity index is 1.72. The molecule has 3 rings (SSSR count). The van der Waals surface area contributed by atoms with Crippen LogP contribution in [0.5, 0.6) is 11.5 Å². The summed E-state index contributed by atoms with van der Waals surface area (Å²) in [5, 5.41) is 0.519. The molecule has 0 unspecified atom stereocenters. The normalized spacial score (nSPS) is 14.6. The number of rotatable bonds is 6. The van der Waals surface area contributed by atoms with E-state index in [0.717, 1.165) is 5.56 Å². The summed E-state index contributed by atoms with van der Waals surface area (Å²) in [6.45, 7) is 1.26. The van der Waals surface area contributed by atoms with Crippen LogP contribution in [0.4, 0.5) is 0 Å². The molecule has 1 heterocycles. The second-order valence-electron chi connectivity index (χ2n) is 6.71. The third-order valence-corrected chi connectivity index (χ3v) is 5.24. The summed E-state index contributed by atoms with van der Waals surface area (Å²) < 4.78 is 11.2. The fourth-order valence-corrected chi connectivity index (χ4v) is 3.48. The highest BCUT2D eigenvalue weighted by Gasteiger charge is 2.26. The van der Waals surface area contributed by atoms with Crippen LogP contribution in [0.25, 0.3) is 0 Å². The molecule has 7 heteroatoms. The van der Waals surface area contributed by atoms with Gasteiger partial charge >= 0.3 is 0 Å². The number of carbonyl (C=O) groups is 2. The van der Waals surface area contributed by atoms with E-state index in [2.05, 4.69) is 0 Å². The van der Waals surface area contributed by atoms with E-state index >= 15 is 0 Å². The number of para-hydroxylation sites is 1. The number of primary amides is 1. The van der Waals surface area contributed by atoms with Gasteiger partial charge in [0.15, 0.2) is 0 Å². The van der Waals surface area contributed by atoms with Gasteiger partial charge in [-0.25, -0.2) is 0 Å². The zero-order chi connectivity index (χ0) is 20.1. The minimum atomic E-state index is -0.296. The van der Waals surface area contributed by atoms with Crippen LogP contribution in [0.2, 0.25) is 5.02 Å². The molecule has 1 fully saturated rings. The monoisotopic (exact) mass is 402 g/mol. The van der Waals surface area contributed by atoms with E-state index in [9.17, 15) is 9.59 Å². The van der Waals surface area contributed by atoms with Gasteiger partial charge in [0, 0.05) is 30.1 Å². The van der Waals surface area contributed by atoms with Gasteiger partial charge in [-0.1, -0.05) is 23.7 Å². The lowest BCUT2D eigenvalue weighted by atomic mass is 9.95. The van der Waals surface area contributed by atoms with Crippen LogP contribution < -0.4 is 15.2 Å². The van der Waals surface area contributed by atoms with Crippen LogP contribution >= 0.6 is 11.6 Å². The van der Waals surface area contributed by atoms with Gasteiger partial charge < -0.3 is 20.1 Å². The summed E-state index contributed by atoms with van der Waals surface area (Å²) in [7, 11) is 1.57. The number of benzene rings is 2. The van der Waals surface area contributed by atoms with Gasteiger partial charge in [-0.2, -0.15) is 0 Å². The number of ether oxygens (including phenoxy) is 2. The largest absolute Gasteiger partial charge is 0.496 e. The average Bonchev–Trinajstić information content (AvgIpc) is 2.72. The van der Waals surface area contributed by atoms with Crippen molar-refractivity contribution in [1.29, 1.82) is 0 Å². The van der Waals surface area contributed by atoms with Gasteiger partial charge in [0.1, 0.15) is 18.1 Å². The van der Waals surface area contributed by atoms with Crippen molar-refractivity contribution in [3.8, 4) is 11.5 Å². The third-order valence-electron chi connectivity index (χ3n) is 4.93. The number of carbonyl (C=O) groups excluding carboxylic acids is 2. The lowest BCUT2D eigenvalue weighted by Crippen LogP contribution is -2.41. The number of likely N-dealkylation sites (tertiary alicyclic amines) is 1. The van der Waals surface area contributed by atoms with Crippen LogP contribution in [0.3, 0.4) is 0 Å². The van der Waals surface area contributed by atoms with Gasteiger partial charge in [0.05, 0.1) is 12.1 Å². The summed E-state index contributed by atoms with van der Waals surface area (Å²) in [4.78, 5) is 25.9. The Morgan fingerprint density at radius 3 is 2.50 bits per heavy atom. The second kappa shape index (κ2) is 8.97. The lowest BCUT2D eigenvalue weighted by Gasteiger charge is -2.30. The zero-order valence-electron chi connectivity index (χ0n) is 15.7. The Morgan fingerprint density at radius 2 is 1.86 bits per heavy atom. The summed E-state index contributed by atoms with van der Waals surface area (Å²) >= 11 is 6.13. The minimum absolute atomic E-state index is 0.0791. The SMILES string of the molecule is COc1ccc(C(=O)N2CCC(C(N)=O)CC2)cc1COc1ccccc1Cl. The highest BCUT2D eigenvalue weighted by Crippen LogP contribution is 2.27. The van der Waals surface area contributed by atoms with Crippen LogP contribution in [0.1, 0.15) is 28.8 Å². The zero-order valence-corrected chi connectivity index (χ0v) is 16.4. The Hall–Kier alpha value is -2.73. The van der Waals surface area contributed by atoms with E-state index in [4.69, 9.17) is 26.8 Å². The molecule has 2 aromatic rings. The van der Waals surface area contributed by atoms with Crippen molar-refractivity contribution in [3.05, 3.63) is 58.6 Å². The first-order valence-corrected chi connectivity index (χ1v) is 9.50. The third kappa shape index (κ3) is 4.57. The van der Waals surface area contributed by atoms with Gasteiger partial charge in [0.25, 0.3) is 5.91 Å². The summed E-state index contributed by atoms with van der Waals surface area (Å²) in [6, 6.07) is 12.5. The molecule has 0 aliphatic carbocycles. The fourth-order valence-electron chi connectivity index (χ4n) is 3.29. The number of halogens is 1. The number of amides is 2. The van der Waals surface area contributed by atoms with Crippen LogP contribution in [-0.4, -0.2) is 36.9 Å². The highest BCUT2D eigenvalue weighted by molar-refractivity contribution is 6.32. The molecule has 0 spiro atoms. The Morgan fingerprint density at radius 1 is 1.14 bits per heavy atom. The van der Waals surface area contributed by atoms with Gasteiger partial charge in [-0.3, -0.25) is 9.59 Å². The number of nitrogens with two attached hydrogens (primary N) is 1. The standard InChI is InChI=1S/C21H23ClN2O4/c1-27-18-7-6-15(21(26)24-10-8-14(9-11-24)20(23)25)12-16(18)13-28-19-5-3-2-4-17(19)22/h2-7,12,14H,8-11,13H2,1H3,(H2,23,25). The molecule has 1 aliphatic rings. The first-order valence-electron chi connectivity index (χ1n) is 9.12. The Kier molecular flexibility index (Phi) is 6.41. The van der Waals surface area contributed by atoms with Gasteiger partial charge in [-0.05, 0) is 43.2 Å². The van der Waals surface area contributed by atoms with E-state index in [1.807, 2.05) is 12.1 Å². The summed E-state index contributed by atoms with van der Waals surface area (Å²) in [6.07, 6.45) is 1.19. The molecule has 6 nitrogen and oxygen atoms in total. The van der Waals surface area contributed by atoms with E-state index in [1.54, 1.807) is 42.3 Å². The molecule has 0 bridgehead atoms. The topological polar surface area (TPSA) is 81.9 Å². The molecule has 0 aromatic heterocycles. The molecule has 0 saturated carbocycles. The van der Waals surface area contributed by atoms with E-state index in [1.165, 1.54) is 0 Å². The second-order valence-corrected chi connectivity index (χ2v) is 7.12. The van der Waals surface area contributed by atoms with Crippen molar-refractivity contribution >= 4 is 23.4 Å². The molecule has 1 aliphatic heterocycles. The molecule has 2 aromatic carbocycles. The number of methoxy groups -OCH3 is 1. The maximum Gasteiger partial charge on any atom is 0.253 e.